The van der Waals surface area contributed by atoms with E-state index in [2.05, 4.69) is 15.3 Å². The largest absolute Gasteiger partial charge is 0.345 e. The second-order valence-corrected chi connectivity index (χ2v) is 6.70. The Kier molecular flexibility index (Phi) is 4.93. The topological polar surface area (TPSA) is 62.5 Å². The Balaban J connectivity index is 1.52. The van der Waals surface area contributed by atoms with Crippen LogP contribution in [0.25, 0.3) is 0 Å². The third-order valence-electron chi connectivity index (χ3n) is 4.13. The Labute approximate surface area is 140 Å². The lowest BCUT2D eigenvalue weighted by molar-refractivity contribution is -0.131. The number of hydrogen-bond donors (Lipinski definition) is 1. The summed E-state index contributed by atoms with van der Waals surface area (Å²) in [5.41, 5.74) is 8.22. The Morgan fingerprint density at radius 3 is 2.57 bits per heavy atom. The first-order valence-corrected chi connectivity index (χ1v) is 8.77. The molecule has 1 fully saturated rings. The second kappa shape index (κ2) is 7.10. The number of aryl methyl sites for hydroxylation is 1. The number of carbonyl (C=O) groups is 1. The van der Waals surface area contributed by atoms with Gasteiger partial charge in [-0.3, -0.25) is 4.79 Å². The van der Waals surface area contributed by atoms with E-state index in [4.69, 9.17) is 5.73 Å². The van der Waals surface area contributed by atoms with Crippen LogP contribution in [0.15, 0.2) is 35.7 Å². The van der Waals surface area contributed by atoms with E-state index in [9.17, 15) is 4.79 Å². The van der Waals surface area contributed by atoms with Crippen LogP contribution < -0.4 is 10.6 Å². The molecule has 1 aromatic carbocycles. The van der Waals surface area contributed by atoms with E-state index in [1.165, 1.54) is 0 Å². The molecule has 23 heavy (non-hydrogen) atoms. The predicted octanol–water partition coefficient (Wildman–Crippen LogP) is 2.19. The van der Waals surface area contributed by atoms with Gasteiger partial charge in [-0.05, 0) is 12.5 Å². The summed E-state index contributed by atoms with van der Waals surface area (Å²) < 4.78 is 0. The van der Waals surface area contributed by atoms with Crippen molar-refractivity contribution in [2.24, 2.45) is 5.73 Å². The van der Waals surface area contributed by atoms with Crippen molar-refractivity contribution >= 4 is 22.4 Å². The number of carbonyl (C=O) groups excluding carboxylic acids is 1. The molecular formula is C17H22N4OS. The molecule has 1 aromatic heterocycles. The van der Waals surface area contributed by atoms with Crippen molar-refractivity contribution in [2.75, 3.05) is 31.1 Å². The summed E-state index contributed by atoms with van der Waals surface area (Å²) in [7, 11) is 0. The minimum absolute atomic E-state index is 0.135. The van der Waals surface area contributed by atoms with Gasteiger partial charge in [0.15, 0.2) is 5.13 Å². The SMILES string of the molecule is Cc1csc(N2CCN(C(=O)CC(N)c3ccccc3)CC2)n1. The van der Waals surface area contributed by atoms with Gasteiger partial charge in [0, 0.05) is 44.0 Å². The highest BCUT2D eigenvalue weighted by molar-refractivity contribution is 7.13. The number of piperazine rings is 1. The van der Waals surface area contributed by atoms with E-state index < -0.39 is 0 Å². The molecule has 1 aliphatic rings. The molecule has 1 aliphatic heterocycles. The van der Waals surface area contributed by atoms with Crippen molar-refractivity contribution < 1.29 is 4.79 Å². The number of rotatable bonds is 4. The molecule has 1 amide bonds. The highest BCUT2D eigenvalue weighted by Gasteiger charge is 2.24. The van der Waals surface area contributed by atoms with E-state index in [1.54, 1.807) is 11.3 Å². The van der Waals surface area contributed by atoms with Crippen molar-refractivity contribution in [2.45, 2.75) is 19.4 Å². The number of thiazole rings is 1. The molecule has 0 aliphatic carbocycles. The summed E-state index contributed by atoms with van der Waals surface area (Å²) in [4.78, 5) is 21.1. The minimum Gasteiger partial charge on any atom is -0.345 e. The first kappa shape index (κ1) is 16.0. The molecule has 3 rings (SSSR count). The van der Waals surface area contributed by atoms with Gasteiger partial charge in [-0.15, -0.1) is 11.3 Å². The van der Waals surface area contributed by atoms with Crippen LogP contribution in [-0.4, -0.2) is 42.0 Å². The molecule has 1 saturated heterocycles. The van der Waals surface area contributed by atoms with Gasteiger partial charge in [0.1, 0.15) is 0 Å². The lowest BCUT2D eigenvalue weighted by Gasteiger charge is -2.35. The smallest absolute Gasteiger partial charge is 0.224 e. The van der Waals surface area contributed by atoms with Gasteiger partial charge in [-0.1, -0.05) is 30.3 Å². The van der Waals surface area contributed by atoms with E-state index in [-0.39, 0.29) is 11.9 Å². The monoisotopic (exact) mass is 330 g/mol. The van der Waals surface area contributed by atoms with Crippen LogP contribution >= 0.6 is 11.3 Å². The van der Waals surface area contributed by atoms with Gasteiger partial charge < -0.3 is 15.5 Å². The Hall–Kier alpha value is -1.92. The van der Waals surface area contributed by atoms with Crippen LogP contribution in [0.5, 0.6) is 0 Å². The molecule has 1 unspecified atom stereocenters. The molecule has 5 nitrogen and oxygen atoms in total. The molecule has 0 bridgehead atoms. The van der Waals surface area contributed by atoms with Crippen LogP contribution in [0.1, 0.15) is 23.7 Å². The Morgan fingerprint density at radius 2 is 1.96 bits per heavy atom. The number of nitrogens with zero attached hydrogens (tertiary/aromatic N) is 3. The fourth-order valence-electron chi connectivity index (χ4n) is 2.77. The summed E-state index contributed by atoms with van der Waals surface area (Å²) in [5, 5.41) is 3.11. The highest BCUT2D eigenvalue weighted by atomic mass is 32.1. The molecule has 0 saturated carbocycles. The molecule has 122 valence electrons. The summed E-state index contributed by atoms with van der Waals surface area (Å²) in [6.45, 7) is 5.14. The summed E-state index contributed by atoms with van der Waals surface area (Å²) in [6, 6.07) is 9.57. The zero-order valence-corrected chi connectivity index (χ0v) is 14.1. The average molecular weight is 330 g/mol. The average Bonchev–Trinajstić information content (AvgIpc) is 3.02. The summed E-state index contributed by atoms with van der Waals surface area (Å²) >= 11 is 1.66. The van der Waals surface area contributed by atoms with Gasteiger partial charge in [-0.25, -0.2) is 4.98 Å². The van der Waals surface area contributed by atoms with E-state index >= 15 is 0 Å². The molecule has 0 radical (unpaired) electrons. The first-order chi connectivity index (χ1) is 11.1. The normalized spacial score (nSPS) is 16.4. The standard InChI is InChI=1S/C17H22N4OS/c1-13-12-23-17(19-13)21-9-7-20(8-10-21)16(22)11-15(18)14-5-3-2-4-6-14/h2-6,12,15H,7-11,18H2,1H3. The van der Waals surface area contributed by atoms with Crippen molar-refractivity contribution in [1.82, 2.24) is 9.88 Å². The molecule has 6 heteroatoms. The predicted molar refractivity (Wildman–Crippen MR) is 93.6 cm³/mol. The Morgan fingerprint density at radius 1 is 1.26 bits per heavy atom. The molecule has 2 aromatic rings. The minimum atomic E-state index is -0.233. The van der Waals surface area contributed by atoms with E-state index in [1.807, 2.05) is 42.2 Å². The molecule has 0 spiro atoms. The van der Waals surface area contributed by atoms with Gasteiger partial charge in [0.05, 0.1) is 5.69 Å². The zero-order valence-electron chi connectivity index (χ0n) is 13.3. The molecular weight excluding hydrogens is 308 g/mol. The van der Waals surface area contributed by atoms with Crippen LogP contribution in [-0.2, 0) is 4.79 Å². The van der Waals surface area contributed by atoms with Crippen molar-refractivity contribution in [3.63, 3.8) is 0 Å². The van der Waals surface area contributed by atoms with Crippen LogP contribution in [0.3, 0.4) is 0 Å². The van der Waals surface area contributed by atoms with E-state index in [0.717, 1.165) is 42.6 Å². The lowest BCUT2D eigenvalue weighted by atomic mass is 10.0. The molecule has 2 N–H and O–H groups in total. The quantitative estimate of drug-likeness (QED) is 0.933. The van der Waals surface area contributed by atoms with Gasteiger partial charge in [0.2, 0.25) is 5.91 Å². The Bertz CT molecular complexity index is 650. The molecule has 2 heterocycles. The van der Waals surface area contributed by atoms with Gasteiger partial charge in [0.25, 0.3) is 0 Å². The van der Waals surface area contributed by atoms with Crippen molar-refractivity contribution in [3.05, 3.63) is 47.0 Å². The van der Waals surface area contributed by atoms with Gasteiger partial charge in [-0.2, -0.15) is 0 Å². The number of hydrogen-bond acceptors (Lipinski definition) is 5. The fourth-order valence-corrected chi connectivity index (χ4v) is 3.63. The van der Waals surface area contributed by atoms with Crippen LogP contribution in [0.4, 0.5) is 5.13 Å². The summed E-state index contributed by atoms with van der Waals surface area (Å²) in [5.74, 6) is 0.135. The molecule has 1 atom stereocenters. The second-order valence-electron chi connectivity index (χ2n) is 5.86. The van der Waals surface area contributed by atoms with Crippen LogP contribution in [0, 0.1) is 6.92 Å². The first-order valence-electron chi connectivity index (χ1n) is 7.89. The van der Waals surface area contributed by atoms with Crippen molar-refractivity contribution in [3.8, 4) is 0 Å². The number of aromatic nitrogens is 1. The maximum absolute atomic E-state index is 12.4. The van der Waals surface area contributed by atoms with Crippen molar-refractivity contribution in [1.29, 1.82) is 0 Å². The number of anilines is 1. The maximum Gasteiger partial charge on any atom is 0.224 e. The number of nitrogens with two attached hydrogens (primary N) is 1. The number of amides is 1. The summed E-state index contributed by atoms with van der Waals surface area (Å²) in [6.07, 6.45) is 0.361. The third kappa shape index (κ3) is 3.89. The highest BCUT2D eigenvalue weighted by Crippen LogP contribution is 2.22. The zero-order chi connectivity index (χ0) is 16.2. The fraction of sp³-hybridized carbons (Fsp3) is 0.412. The maximum atomic E-state index is 12.4. The number of benzene rings is 1. The lowest BCUT2D eigenvalue weighted by Crippen LogP contribution is -2.49. The van der Waals surface area contributed by atoms with E-state index in [0.29, 0.717) is 6.42 Å². The van der Waals surface area contributed by atoms with Gasteiger partial charge >= 0.3 is 0 Å². The van der Waals surface area contributed by atoms with Crippen LogP contribution in [0.2, 0.25) is 0 Å². The third-order valence-corrected chi connectivity index (χ3v) is 5.15.